The van der Waals surface area contributed by atoms with Crippen LogP contribution in [0.15, 0.2) is 29.2 Å². The third-order valence-electron chi connectivity index (χ3n) is 9.88. The monoisotopic (exact) mass is 1760 g/mol. The van der Waals surface area contributed by atoms with Crippen molar-refractivity contribution in [1.29, 1.82) is 0 Å². The van der Waals surface area contributed by atoms with Crippen LogP contribution in [-0.2, 0) is 113 Å². The van der Waals surface area contributed by atoms with Crippen LogP contribution in [0.1, 0.15) is 161 Å². The number of ether oxygens (including phenoxy) is 1. The van der Waals surface area contributed by atoms with Gasteiger partial charge < -0.3 is 40.7 Å². The number of unbranched alkanes of at least 4 members (excludes halogenated alkanes) is 2. The van der Waals surface area contributed by atoms with Gasteiger partial charge in [-0.05, 0) is 74.6 Å². The zero-order valence-corrected chi connectivity index (χ0v) is 63.4. The van der Waals surface area contributed by atoms with Gasteiger partial charge in [-0.2, -0.15) is 13.8 Å². The Labute approximate surface area is 532 Å². The van der Waals surface area contributed by atoms with Crippen LogP contribution >= 0.6 is 99.9 Å². The zero-order chi connectivity index (χ0) is 57.3. The molecule has 429 valence electrons. The number of nitrogens with one attached hydrogen (secondary N) is 2. The maximum atomic E-state index is 13.1. The Kier molecular flexibility index (Phi) is 81.6. The van der Waals surface area contributed by atoms with E-state index in [4.69, 9.17) is 38.6 Å². The molecule has 0 spiro atoms. The molecule has 0 aliphatic rings. The number of Topliss-reactive ketones (excluding diaryl/α,β-unsaturated/α-hetero) is 4. The van der Waals surface area contributed by atoms with Gasteiger partial charge in [0.25, 0.3) is 0 Å². The van der Waals surface area contributed by atoms with Gasteiger partial charge in [0.05, 0.1) is 37.3 Å². The molecule has 0 aromatic heterocycles. The number of hydrogen-bond donors (Lipinski definition) is 4. The fourth-order valence-corrected chi connectivity index (χ4v) is 8.41. The molecule has 1 rings (SSSR count). The van der Waals surface area contributed by atoms with E-state index in [2.05, 4.69) is 188 Å². The molecule has 10 nitrogen and oxygen atoms in total. The van der Waals surface area contributed by atoms with Gasteiger partial charge in [-0.3, -0.25) is 24.0 Å². The third kappa shape index (κ3) is 55.5. The molecule has 1 aromatic rings. The van der Waals surface area contributed by atoms with E-state index in [1.807, 2.05) is 52.1 Å². The first-order valence-corrected chi connectivity index (χ1v) is 52.1. The Balaban J connectivity index is -0.000000135. The van der Waals surface area contributed by atoms with Gasteiger partial charge in [0.15, 0.2) is 17.3 Å². The second-order valence-electron chi connectivity index (χ2n) is 16.1. The predicted octanol–water partition coefficient (Wildman–Crippen LogP) is 13.2. The standard InChI is InChI=1S/C23H38N2O2S2.C13H25NO3.C8H17NOS2.2C2H5.CH4.5HI.S2.2V/c1-5-8-13-19(24-4)22(27)17-25-20(14-9-6-2)21(26)16-18-12-10-11-15-23(18)29(28)7-3;1-5-9(3)12(14)13(16)10(4)7-8-11(15)17-6-2;1-6(10)7(9)5-12(11)8(2,3)4;2*1-2;;;;;;;1-2;;/h10-12,15,19-20,24-25H,5-9,13-14,16-17H2,1-4H3;9-10,12H,5-8,14H2,1-4H3;7H,5,9H2,1-4H3;2*1H2,2H3;1H4;5*1H;;;/q;;;2*-1;;;;;;;;+2;+3/p-5/t19-,20-,29?;9-,10?,12-;7-,12?;;;;;;;;;;;/m000.........../s1. The first-order valence-electron chi connectivity index (χ1n) is 23.6. The molecule has 72 heavy (non-hydrogen) atoms. The molecule has 0 aliphatic heterocycles. The molecule has 1 aromatic carbocycles. The number of carbonyl (C=O) groups excluding carboxylic acids is 5. The van der Waals surface area contributed by atoms with Crippen LogP contribution in [0.5, 0.6) is 0 Å². The average Bonchev–Trinajstić information content (AvgIpc) is 3.34. The van der Waals surface area contributed by atoms with Crippen molar-refractivity contribution < 1.29 is 43.1 Å². The summed E-state index contributed by atoms with van der Waals surface area (Å²) in [5.74, 6) is 1.65. The number of hydrogen-bond acceptors (Lipinski definition) is 14. The molecular formula is C49H94I5N4O6S6V2-2. The van der Waals surface area contributed by atoms with Crippen molar-refractivity contribution >= 4 is 193 Å². The van der Waals surface area contributed by atoms with Crippen LogP contribution in [0.3, 0.4) is 0 Å². The molecule has 0 bridgehead atoms. The Morgan fingerprint density at radius 1 is 0.847 bits per heavy atom. The number of carbonyl (C=O) groups is 5. The Morgan fingerprint density at radius 3 is 1.69 bits per heavy atom. The average molecular weight is 1760 g/mol. The summed E-state index contributed by atoms with van der Waals surface area (Å²) in [6, 6.07) is 6.80. The van der Waals surface area contributed by atoms with E-state index in [1.165, 1.54) is 6.92 Å². The molecule has 8 atom stereocenters. The summed E-state index contributed by atoms with van der Waals surface area (Å²) in [5.41, 5.74) is 12.5. The van der Waals surface area contributed by atoms with E-state index in [-0.39, 0.29) is 108 Å². The molecule has 0 saturated carbocycles. The topological polar surface area (TPSA) is 171 Å². The van der Waals surface area contributed by atoms with Crippen molar-refractivity contribution in [3.8, 4) is 0 Å². The van der Waals surface area contributed by atoms with Gasteiger partial charge in [-0.1, -0.05) is 141 Å². The fourth-order valence-electron chi connectivity index (χ4n) is 5.45. The number of rotatable bonds is 27. The summed E-state index contributed by atoms with van der Waals surface area (Å²) in [6.07, 6.45) is 7.74. The quantitative estimate of drug-likeness (QED) is 0.0373. The second-order valence-corrected chi connectivity index (χ2v) is 69.6. The summed E-state index contributed by atoms with van der Waals surface area (Å²) < 4.78 is 4.91. The summed E-state index contributed by atoms with van der Waals surface area (Å²) in [6.45, 7) is 32.3. The number of ketones is 4. The second kappa shape index (κ2) is 63.8. The molecule has 0 saturated heterocycles. The van der Waals surface area contributed by atoms with E-state index in [0.717, 1.165) is 61.2 Å². The van der Waals surface area contributed by atoms with Gasteiger partial charge in [-0.25, -0.2) is 0 Å². The molecule has 6 N–H and O–H groups in total. The Hall–Kier alpha value is 3.61. The van der Waals surface area contributed by atoms with Crippen LogP contribution in [0, 0.1) is 25.7 Å². The van der Waals surface area contributed by atoms with Gasteiger partial charge >= 0.3 is 120 Å². The number of likely N-dealkylation sites (N-methyl/N-ethyl adjacent to an activating group) is 1. The molecule has 0 amide bonds. The van der Waals surface area contributed by atoms with Gasteiger partial charge in [0.1, 0.15) is 5.78 Å². The summed E-state index contributed by atoms with van der Waals surface area (Å²) in [4.78, 5) is 60.4. The van der Waals surface area contributed by atoms with Gasteiger partial charge in [-0.15, -0.1) is 9.45 Å². The molecule has 0 radical (unpaired) electrons. The summed E-state index contributed by atoms with van der Waals surface area (Å²) >= 11 is 30.3. The minimum absolute atomic E-state index is 0. The van der Waals surface area contributed by atoms with Crippen molar-refractivity contribution in [3.05, 3.63) is 43.7 Å². The number of esters is 1. The Bertz CT molecular complexity index is 1550. The van der Waals surface area contributed by atoms with Crippen LogP contribution in [0.4, 0.5) is 0 Å². The number of halogens is 5. The number of benzene rings is 1. The minimum atomic E-state index is -0.419. The van der Waals surface area contributed by atoms with Crippen LogP contribution in [0.2, 0.25) is 0 Å². The third-order valence-corrected chi connectivity index (χ3v) is 16.5. The maximum absolute atomic E-state index is 13.1. The van der Waals surface area contributed by atoms with Crippen LogP contribution in [0.25, 0.3) is 0 Å². The summed E-state index contributed by atoms with van der Waals surface area (Å²) in [5, 5.41) is 6.38. The van der Waals surface area contributed by atoms with E-state index < -0.39 is 6.04 Å². The van der Waals surface area contributed by atoms with E-state index in [1.54, 1.807) is 20.8 Å². The first-order chi connectivity index (χ1) is 33.3. The van der Waals surface area contributed by atoms with Crippen molar-refractivity contribution in [2.75, 3.05) is 31.7 Å². The van der Waals surface area contributed by atoms with E-state index >= 15 is 0 Å². The summed E-state index contributed by atoms with van der Waals surface area (Å²) in [7, 11) is 1.99. The van der Waals surface area contributed by atoms with E-state index in [0.29, 0.717) is 34.7 Å². The zero-order valence-electron chi connectivity index (χ0n) is 44.9. The molecule has 23 heteroatoms. The molecule has 3 unspecified atom stereocenters. The van der Waals surface area contributed by atoms with Crippen LogP contribution < -0.4 is 22.1 Å². The van der Waals surface area contributed by atoms with Gasteiger partial charge in [0, 0.05) is 56.5 Å². The molecular weight excluding hydrogens is 1670 g/mol. The molecule has 0 heterocycles. The van der Waals surface area contributed by atoms with Crippen molar-refractivity contribution in [1.82, 2.24) is 10.6 Å². The predicted molar refractivity (Wildman–Crippen MR) is 366 cm³/mol. The molecule has 0 aliphatic carbocycles. The normalized spacial score (nSPS) is 13.3. The van der Waals surface area contributed by atoms with Crippen molar-refractivity contribution in [2.24, 2.45) is 23.3 Å². The van der Waals surface area contributed by atoms with Crippen molar-refractivity contribution in [2.45, 2.75) is 195 Å². The molecule has 0 fully saturated rings. The van der Waals surface area contributed by atoms with Crippen molar-refractivity contribution in [3.63, 3.8) is 0 Å². The van der Waals surface area contributed by atoms with E-state index in [9.17, 15) is 24.0 Å². The first kappa shape index (κ1) is 92.1. The van der Waals surface area contributed by atoms with Gasteiger partial charge in [0.2, 0.25) is 0 Å². The Morgan fingerprint density at radius 2 is 1.31 bits per heavy atom. The number of nitrogens with two attached hydrogens (primary N) is 2. The fraction of sp³-hybridized carbons (Fsp3) is 0.735. The van der Waals surface area contributed by atoms with Crippen LogP contribution in [-0.4, -0.2) is 89.7 Å². The SMILES string of the molecule is C.CC(=O)[C@@H](N)CS(=S)C(C)(C)C.CCCC[C@H](NC)C(=O)CN[C@@H](CCCC)C(=O)Cc1ccccc1S(=S)CC.CCOC(=O)CCC(C)C(=O)[C@@H](N)[C@@H](C)CC.S=S.[CH2-]C.[CH2-]C.[I][V]([I])[I].[I][V][I].